The minimum Gasteiger partial charge on any atom is -0.488 e. The predicted octanol–water partition coefficient (Wildman–Crippen LogP) is 6.70. The maximum atomic E-state index is 12.9. The predicted molar refractivity (Wildman–Crippen MR) is 115 cm³/mol. The maximum absolute atomic E-state index is 12.9. The van der Waals surface area contributed by atoms with Crippen LogP contribution in [0.15, 0.2) is 54.8 Å². The number of rotatable bonds is 9. The average molecular weight is 392 g/mol. The van der Waals surface area contributed by atoms with Gasteiger partial charge in [-0.15, -0.1) is 0 Å². The zero-order chi connectivity index (χ0) is 21.5. The first kappa shape index (κ1) is 23.9. The van der Waals surface area contributed by atoms with E-state index in [1.165, 1.54) is 5.56 Å². The Morgan fingerprint density at radius 2 is 1.71 bits per heavy atom. The molecule has 2 atom stereocenters. The standard InChI is InChI=1S/C24H35F2NO/c1-9-22(28-16-24(8,25)26)15-10-17(2)18(3)27-19(4)20-11-13-21(14-12-20)23(5,6)7/h9-15,17-18,27H,4,16H2,1-3,5-8H3/b15-10-,22-9+. The van der Waals surface area contributed by atoms with E-state index in [0.29, 0.717) is 5.76 Å². The van der Waals surface area contributed by atoms with Crippen molar-refractivity contribution in [2.24, 2.45) is 5.92 Å². The molecule has 0 aliphatic rings. The molecule has 0 spiro atoms. The largest absolute Gasteiger partial charge is 0.488 e. The number of halogens is 2. The van der Waals surface area contributed by atoms with Crippen molar-refractivity contribution in [1.82, 2.24) is 5.32 Å². The lowest BCUT2D eigenvalue weighted by molar-refractivity contribution is -0.0417. The van der Waals surface area contributed by atoms with E-state index >= 15 is 0 Å². The zero-order valence-corrected chi connectivity index (χ0v) is 18.3. The lowest BCUT2D eigenvalue weighted by atomic mass is 9.86. The van der Waals surface area contributed by atoms with Gasteiger partial charge in [-0.3, -0.25) is 0 Å². The van der Waals surface area contributed by atoms with Crippen LogP contribution in [0.25, 0.3) is 5.70 Å². The van der Waals surface area contributed by atoms with Crippen LogP contribution in [0.5, 0.6) is 0 Å². The Bertz CT molecular complexity index is 691. The van der Waals surface area contributed by atoms with Crippen LogP contribution < -0.4 is 5.32 Å². The summed E-state index contributed by atoms with van der Waals surface area (Å²) in [7, 11) is 0. The summed E-state index contributed by atoms with van der Waals surface area (Å²) in [5, 5.41) is 3.43. The molecule has 0 heterocycles. The van der Waals surface area contributed by atoms with Crippen LogP contribution in [0.4, 0.5) is 8.78 Å². The first-order chi connectivity index (χ1) is 12.8. The van der Waals surface area contributed by atoms with Crippen molar-refractivity contribution in [3.05, 3.63) is 66.0 Å². The van der Waals surface area contributed by atoms with E-state index < -0.39 is 12.5 Å². The number of hydrogen-bond donors (Lipinski definition) is 1. The minimum absolute atomic E-state index is 0.119. The molecule has 0 saturated carbocycles. The maximum Gasteiger partial charge on any atom is 0.278 e. The molecule has 2 unspecified atom stereocenters. The van der Waals surface area contributed by atoms with Gasteiger partial charge in [0, 0.05) is 18.7 Å². The molecule has 156 valence electrons. The molecule has 2 nitrogen and oxygen atoms in total. The first-order valence-electron chi connectivity index (χ1n) is 9.75. The Labute approximate surface area is 169 Å². The van der Waals surface area contributed by atoms with Crippen molar-refractivity contribution in [1.29, 1.82) is 0 Å². The van der Waals surface area contributed by atoms with Crippen LogP contribution in [0.2, 0.25) is 0 Å². The highest BCUT2D eigenvalue weighted by atomic mass is 19.3. The van der Waals surface area contributed by atoms with Crippen LogP contribution in [0.1, 0.15) is 59.6 Å². The monoisotopic (exact) mass is 391 g/mol. The summed E-state index contributed by atoms with van der Waals surface area (Å²) < 4.78 is 31.1. The van der Waals surface area contributed by atoms with Crippen LogP contribution >= 0.6 is 0 Å². The summed E-state index contributed by atoms with van der Waals surface area (Å²) in [6, 6.07) is 8.56. The SMILES string of the molecule is C=C(NC(C)C(C)/C=C\C(=C/C)OCC(C)(F)F)c1ccc(C(C)(C)C)cc1. The Hall–Kier alpha value is -2.10. The van der Waals surface area contributed by atoms with E-state index in [4.69, 9.17) is 4.74 Å². The van der Waals surface area contributed by atoms with E-state index in [1.54, 1.807) is 19.1 Å². The molecular formula is C24H35F2NO. The highest BCUT2D eigenvalue weighted by molar-refractivity contribution is 5.62. The number of benzene rings is 1. The third kappa shape index (κ3) is 8.28. The van der Waals surface area contributed by atoms with Gasteiger partial charge in [0.2, 0.25) is 0 Å². The summed E-state index contributed by atoms with van der Waals surface area (Å²) in [6.07, 6.45) is 5.38. The van der Waals surface area contributed by atoms with E-state index in [9.17, 15) is 8.78 Å². The Morgan fingerprint density at radius 3 is 2.18 bits per heavy atom. The molecule has 0 bridgehead atoms. The normalized spacial score (nSPS) is 15.4. The van der Waals surface area contributed by atoms with Gasteiger partial charge in [-0.25, -0.2) is 8.78 Å². The fourth-order valence-electron chi connectivity index (χ4n) is 2.51. The van der Waals surface area contributed by atoms with Gasteiger partial charge in [0.25, 0.3) is 5.92 Å². The van der Waals surface area contributed by atoms with Crippen LogP contribution in [0.3, 0.4) is 0 Å². The lowest BCUT2D eigenvalue weighted by Gasteiger charge is -2.23. The van der Waals surface area contributed by atoms with Gasteiger partial charge in [0.1, 0.15) is 5.76 Å². The fraction of sp³-hybridized carbons (Fsp3) is 0.500. The molecule has 0 radical (unpaired) electrons. The summed E-state index contributed by atoms with van der Waals surface area (Å²) in [5.74, 6) is -2.24. The topological polar surface area (TPSA) is 21.3 Å². The van der Waals surface area contributed by atoms with E-state index in [2.05, 4.69) is 70.8 Å². The Morgan fingerprint density at radius 1 is 1.14 bits per heavy atom. The molecule has 0 aliphatic heterocycles. The molecule has 1 aromatic rings. The quantitative estimate of drug-likeness (QED) is 0.373. The minimum atomic E-state index is -2.84. The number of allylic oxidation sites excluding steroid dienone is 2. The third-order valence-corrected chi connectivity index (χ3v) is 4.63. The molecule has 0 aromatic heterocycles. The first-order valence-corrected chi connectivity index (χ1v) is 9.75. The van der Waals surface area contributed by atoms with Crippen LogP contribution in [-0.4, -0.2) is 18.6 Å². The summed E-state index contributed by atoms with van der Waals surface area (Å²) in [4.78, 5) is 0. The van der Waals surface area contributed by atoms with Crippen LogP contribution in [0, 0.1) is 5.92 Å². The molecular weight excluding hydrogens is 356 g/mol. The molecule has 1 N–H and O–H groups in total. The second kappa shape index (κ2) is 9.90. The zero-order valence-electron chi connectivity index (χ0n) is 18.3. The van der Waals surface area contributed by atoms with Crippen molar-refractivity contribution in [3.8, 4) is 0 Å². The highest BCUT2D eigenvalue weighted by Crippen LogP contribution is 2.24. The molecule has 0 amide bonds. The molecule has 1 rings (SSSR count). The van der Waals surface area contributed by atoms with Gasteiger partial charge < -0.3 is 10.1 Å². The van der Waals surface area contributed by atoms with E-state index in [1.807, 2.05) is 6.08 Å². The smallest absolute Gasteiger partial charge is 0.278 e. The van der Waals surface area contributed by atoms with Gasteiger partial charge in [-0.1, -0.05) is 64.6 Å². The molecule has 4 heteroatoms. The van der Waals surface area contributed by atoms with Crippen LogP contribution in [-0.2, 0) is 10.2 Å². The van der Waals surface area contributed by atoms with Gasteiger partial charge in [-0.05, 0) is 48.5 Å². The summed E-state index contributed by atoms with van der Waals surface area (Å²) in [6.45, 7) is 16.8. The van der Waals surface area contributed by atoms with Crippen molar-refractivity contribution < 1.29 is 13.5 Å². The van der Waals surface area contributed by atoms with Gasteiger partial charge in [0.05, 0.1) is 0 Å². The summed E-state index contributed by atoms with van der Waals surface area (Å²) >= 11 is 0. The Balaban J connectivity index is 2.65. The number of hydrogen-bond acceptors (Lipinski definition) is 2. The second-order valence-corrected chi connectivity index (χ2v) is 8.51. The van der Waals surface area contributed by atoms with Crippen molar-refractivity contribution in [3.63, 3.8) is 0 Å². The van der Waals surface area contributed by atoms with E-state index in [-0.39, 0.29) is 17.4 Å². The van der Waals surface area contributed by atoms with Crippen molar-refractivity contribution >= 4 is 5.70 Å². The van der Waals surface area contributed by atoms with Gasteiger partial charge in [-0.2, -0.15) is 0 Å². The molecule has 0 fully saturated rings. The molecule has 28 heavy (non-hydrogen) atoms. The second-order valence-electron chi connectivity index (χ2n) is 8.51. The molecule has 0 saturated heterocycles. The average Bonchev–Trinajstić information content (AvgIpc) is 2.60. The Kier molecular flexibility index (Phi) is 8.47. The molecule has 0 aliphatic carbocycles. The fourth-order valence-corrected chi connectivity index (χ4v) is 2.51. The highest BCUT2D eigenvalue weighted by Gasteiger charge is 2.22. The van der Waals surface area contributed by atoms with E-state index in [0.717, 1.165) is 18.2 Å². The van der Waals surface area contributed by atoms with Gasteiger partial charge in [0.15, 0.2) is 6.61 Å². The summed E-state index contributed by atoms with van der Waals surface area (Å²) in [5.41, 5.74) is 3.32. The van der Waals surface area contributed by atoms with Crippen molar-refractivity contribution in [2.75, 3.05) is 6.61 Å². The lowest BCUT2D eigenvalue weighted by Crippen LogP contribution is -2.29. The van der Waals surface area contributed by atoms with Gasteiger partial charge >= 0.3 is 0 Å². The molecule has 1 aromatic carbocycles. The number of alkyl halides is 2. The van der Waals surface area contributed by atoms with Crippen molar-refractivity contribution in [2.45, 2.75) is 65.8 Å². The number of ether oxygens (including phenoxy) is 1. The number of nitrogens with one attached hydrogen (secondary N) is 1. The third-order valence-electron chi connectivity index (χ3n) is 4.63.